The molecule has 0 aliphatic heterocycles. The second-order valence-electron chi connectivity index (χ2n) is 17.1. The molecule has 3 nitrogen and oxygen atoms in total. The molecule has 3 heteroatoms. The van der Waals surface area contributed by atoms with Crippen LogP contribution < -0.4 is 4.90 Å². The number of para-hydroxylation sites is 3. The summed E-state index contributed by atoms with van der Waals surface area (Å²) in [5.41, 5.74) is 13.9. The third-order valence-electron chi connectivity index (χ3n) is 11.8. The molecular formula is C50H41N3. The van der Waals surface area contributed by atoms with Crippen LogP contribution in [-0.2, 0) is 10.8 Å². The number of nitrogens with zero attached hydrogens (tertiary/aromatic N) is 3. The van der Waals surface area contributed by atoms with E-state index in [4.69, 9.17) is 0 Å². The van der Waals surface area contributed by atoms with Crippen LogP contribution in [0.1, 0.15) is 52.7 Å². The lowest BCUT2D eigenvalue weighted by Gasteiger charge is -2.26. The Morgan fingerprint density at radius 2 is 0.925 bits per heavy atom. The summed E-state index contributed by atoms with van der Waals surface area (Å²) in [6.45, 7) is 14.0. The summed E-state index contributed by atoms with van der Waals surface area (Å²) in [7, 11) is 0. The molecule has 0 aliphatic rings. The van der Waals surface area contributed by atoms with Crippen molar-refractivity contribution in [3.8, 4) is 0 Å². The van der Waals surface area contributed by atoms with E-state index in [9.17, 15) is 0 Å². The molecule has 0 radical (unpaired) electrons. The van der Waals surface area contributed by atoms with E-state index in [2.05, 4.69) is 195 Å². The number of anilines is 3. The lowest BCUT2D eigenvalue weighted by molar-refractivity contribution is 0.590. The molecule has 7 aromatic carbocycles. The van der Waals surface area contributed by atoms with E-state index in [0.717, 1.165) is 11.4 Å². The first-order valence-electron chi connectivity index (χ1n) is 18.9. The van der Waals surface area contributed by atoms with Gasteiger partial charge in [-0.3, -0.25) is 0 Å². The molecule has 0 N–H and O–H groups in total. The van der Waals surface area contributed by atoms with Crippen LogP contribution in [0.15, 0.2) is 140 Å². The number of benzene rings is 7. The predicted octanol–water partition coefficient (Wildman–Crippen LogP) is 14.1. The fraction of sp³-hybridized carbons (Fsp3) is 0.160. The molecule has 4 heterocycles. The van der Waals surface area contributed by atoms with Crippen molar-refractivity contribution in [1.29, 1.82) is 0 Å². The molecule has 256 valence electrons. The first-order chi connectivity index (χ1) is 25.6. The van der Waals surface area contributed by atoms with Gasteiger partial charge in [-0.05, 0) is 94.8 Å². The zero-order valence-electron chi connectivity index (χ0n) is 31.1. The summed E-state index contributed by atoms with van der Waals surface area (Å²) in [5.74, 6) is 0. The van der Waals surface area contributed by atoms with E-state index in [1.165, 1.54) is 93.0 Å². The Morgan fingerprint density at radius 3 is 1.58 bits per heavy atom. The van der Waals surface area contributed by atoms with Crippen LogP contribution in [0.25, 0.3) is 76.2 Å². The Bertz CT molecular complexity index is 3180. The van der Waals surface area contributed by atoms with Crippen molar-refractivity contribution < 1.29 is 0 Å². The van der Waals surface area contributed by atoms with Gasteiger partial charge >= 0.3 is 0 Å². The lowest BCUT2D eigenvalue weighted by atomic mass is 9.84. The highest BCUT2D eigenvalue weighted by Gasteiger charge is 2.28. The Hall–Kier alpha value is -6.06. The summed E-state index contributed by atoms with van der Waals surface area (Å²) >= 11 is 0. The SMILES string of the molecule is CC(C)(C)c1ccc2c(c1)c1cc(C(C)(C)C)cc3c4cc5c6c(N(c7ccccc7)c7ccccc7)ccc7c8ccccc8n(c5cc4n2c13)c76. The molecular weight excluding hydrogens is 643 g/mol. The largest absolute Gasteiger partial charge is 0.310 e. The van der Waals surface area contributed by atoms with Gasteiger partial charge < -0.3 is 13.7 Å². The van der Waals surface area contributed by atoms with Gasteiger partial charge in [0.25, 0.3) is 0 Å². The van der Waals surface area contributed by atoms with E-state index in [0.29, 0.717) is 0 Å². The van der Waals surface area contributed by atoms with E-state index in [-0.39, 0.29) is 10.8 Å². The van der Waals surface area contributed by atoms with Gasteiger partial charge in [-0.25, -0.2) is 0 Å². The highest BCUT2D eigenvalue weighted by atomic mass is 15.1. The Kier molecular flexibility index (Phi) is 5.93. The molecule has 0 saturated carbocycles. The molecule has 11 aromatic rings. The van der Waals surface area contributed by atoms with Gasteiger partial charge in [-0.1, -0.05) is 108 Å². The number of fused-ring (bicyclic) bond motifs is 12. The van der Waals surface area contributed by atoms with Crippen molar-refractivity contribution in [2.75, 3.05) is 4.90 Å². The number of hydrogen-bond acceptors (Lipinski definition) is 1. The summed E-state index contributed by atoms with van der Waals surface area (Å²) in [6, 6.07) is 52.3. The summed E-state index contributed by atoms with van der Waals surface area (Å²) < 4.78 is 5.10. The summed E-state index contributed by atoms with van der Waals surface area (Å²) in [5, 5.41) is 10.5. The monoisotopic (exact) mass is 683 g/mol. The normalized spacial score (nSPS) is 13.1. The van der Waals surface area contributed by atoms with Crippen molar-refractivity contribution in [1.82, 2.24) is 8.80 Å². The maximum Gasteiger partial charge on any atom is 0.0641 e. The first kappa shape index (κ1) is 30.6. The average Bonchev–Trinajstić information content (AvgIpc) is 3.87. The van der Waals surface area contributed by atoms with E-state index in [1.807, 2.05) is 0 Å². The maximum atomic E-state index is 2.56. The number of hydrogen-bond donors (Lipinski definition) is 0. The molecule has 0 atom stereocenters. The number of aromatic nitrogens is 2. The molecule has 0 spiro atoms. The van der Waals surface area contributed by atoms with E-state index >= 15 is 0 Å². The molecule has 53 heavy (non-hydrogen) atoms. The highest BCUT2D eigenvalue weighted by molar-refractivity contribution is 6.31. The van der Waals surface area contributed by atoms with Crippen molar-refractivity contribution in [2.24, 2.45) is 0 Å². The van der Waals surface area contributed by atoms with Gasteiger partial charge in [0.15, 0.2) is 0 Å². The topological polar surface area (TPSA) is 12.1 Å². The van der Waals surface area contributed by atoms with Crippen LogP contribution in [0, 0.1) is 0 Å². The molecule has 11 rings (SSSR count). The Morgan fingerprint density at radius 1 is 0.377 bits per heavy atom. The zero-order chi connectivity index (χ0) is 36.0. The predicted molar refractivity (Wildman–Crippen MR) is 228 cm³/mol. The van der Waals surface area contributed by atoms with Gasteiger partial charge in [-0.15, -0.1) is 0 Å². The molecule has 0 amide bonds. The summed E-state index contributed by atoms with van der Waals surface area (Å²) in [6.07, 6.45) is 0. The maximum absolute atomic E-state index is 2.56. The first-order valence-corrected chi connectivity index (χ1v) is 18.9. The van der Waals surface area contributed by atoms with E-state index < -0.39 is 0 Å². The minimum Gasteiger partial charge on any atom is -0.310 e. The van der Waals surface area contributed by atoms with Crippen LogP contribution in [0.2, 0.25) is 0 Å². The van der Waals surface area contributed by atoms with Crippen LogP contribution >= 0.6 is 0 Å². The van der Waals surface area contributed by atoms with Gasteiger partial charge in [0.05, 0.1) is 38.8 Å². The van der Waals surface area contributed by atoms with Crippen molar-refractivity contribution in [3.05, 3.63) is 151 Å². The smallest absolute Gasteiger partial charge is 0.0641 e. The van der Waals surface area contributed by atoms with E-state index in [1.54, 1.807) is 0 Å². The Balaban J connectivity index is 1.35. The zero-order valence-corrected chi connectivity index (χ0v) is 31.1. The van der Waals surface area contributed by atoms with Gasteiger partial charge in [0.2, 0.25) is 0 Å². The quantitative estimate of drug-likeness (QED) is 0.180. The standard InChI is InChI=1S/C50H41N3/c1-49(2,3)30-21-23-42-36(25-30)38-26-31(50(4,5)6)27-39-37-28-40-45(29-44(37)52(42)47(38)39)53-41-20-14-13-19-34(41)35-22-24-43(46(40)48(35)53)51(32-15-9-7-10-16-32)33-17-11-8-12-18-33/h7-29H,1-6H3. The van der Waals surface area contributed by atoms with Crippen LogP contribution in [-0.4, -0.2) is 8.80 Å². The minimum atomic E-state index is 0.00210. The molecule has 0 saturated heterocycles. The van der Waals surface area contributed by atoms with Crippen LogP contribution in [0.3, 0.4) is 0 Å². The fourth-order valence-electron chi connectivity index (χ4n) is 9.20. The molecule has 0 fully saturated rings. The molecule has 0 aliphatic carbocycles. The van der Waals surface area contributed by atoms with Gasteiger partial charge in [-0.2, -0.15) is 0 Å². The molecule has 0 unspecified atom stereocenters. The van der Waals surface area contributed by atoms with Crippen LogP contribution in [0.5, 0.6) is 0 Å². The Labute approximate surface area is 309 Å². The van der Waals surface area contributed by atoms with Crippen molar-refractivity contribution >= 4 is 93.3 Å². The highest BCUT2D eigenvalue weighted by Crippen LogP contribution is 2.50. The second-order valence-corrected chi connectivity index (χ2v) is 17.1. The average molecular weight is 684 g/mol. The fourth-order valence-corrected chi connectivity index (χ4v) is 9.20. The molecule has 4 aromatic heterocycles. The third kappa shape index (κ3) is 4.11. The van der Waals surface area contributed by atoms with Crippen LogP contribution in [0.4, 0.5) is 17.1 Å². The van der Waals surface area contributed by atoms with Crippen molar-refractivity contribution in [3.63, 3.8) is 0 Å². The minimum absolute atomic E-state index is 0.00210. The molecule has 0 bridgehead atoms. The lowest BCUT2D eigenvalue weighted by Crippen LogP contribution is -2.11. The number of rotatable bonds is 3. The van der Waals surface area contributed by atoms with Gasteiger partial charge in [0.1, 0.15) is 0 Å². The summed E-state index contributed by atoms with van der Waals surface area (Å²) in [4.78, 5) is 2.43. The van der Waals surface area contributed by atoms with Gasteiger partial charge in [0, 0.05) is 54.5 Å². The third-order valence-corrected chi connectivity index (χ3v) is 11.8. The van der Waals surface area contributed by atoms with Crippen molar-refractivity contribution in [2.45, 2.75) is 52.4 Å². The second kappa shape index (κ2) is 10.3.